The van der Waals surface area contributed by atoms with Crippen molar-refractivity contribution in [3.63, 3.8) is 0 Å². The van der Waals surface area contributed by atoms with Gasteiger partial charge in [-0.3, -0.25) is 8.98 Å². The molecular weight excluding hydrogens is 318 g/mol. The predicted molar refractivity (Wildman–Crippen MR) is 86.2 cm³/mol. The van der Waals surface area contributed by atoms with E-state index in [1.54, 1.807) is 0 Å². The van der Waals surface area contributed by atoms with Gasteiger partial charge in [0, 0.05) is 0 Å². The number of ether oxygens (including phenoxy) is 1. The van der Waals surface area contributed by atoms with Crippen LogP contribution in [0.5, 0.6) is 0 Å². The monoisotopic (exact) mass is 341 g/mol. The summed E-state index contributed by atoms with van der Waals surface area (Å²) in [5, 5.41) is 3.16. The second-order valence-corrected chi connectivity index (χ2v) is 7.45. The molecule has 6 nitrogen and oxygen atoms in total. The van der Waals surface area contributed by atoms with Crippen LogP contribution in [0.4, 0.5) is 0 Å². The van der Waals surface area contributed by atoms with Gasteiger partial charge in [0.25, 0.3) is 10.1 Å². The average molecular weight is 341 g/mol. The Kier molecular flexibility index (Phi) is 6.56. The Labute approximate surface area is 137 Å². The third-order valence-corrected chi connectivity index (χ3v) is 4.44. The molecule has 1 aliphatic rings. The molecule has 1 N–H and O–H groups in total. The molecule has 0 aliphatic carbocycles. The maximum atomic E-state index is 12.1. The summed E-state index contributed by atoms with van der Waals surface area (Å²) < 4.78 is 32.0. The zero-order valence-electron chi connectivity index (χ0n) is 13.2. The lowest BCUT2D eigenvalue weighted by Gasteiger charge is -2.28. The maximum Gasteiger partial charge on any atom is 0.323 e. The first kappa shape index (κ1) is 17.9. The molecule has 7 heteroatoms. The van der Waals surface area contributed by atoms with Gasteiger partial charge in [-0.15, -0.1) is 0 Å². The summed E-state index contributed by atoms with van der Waals surface area (Å²) in [6.07, 6.45) is 3.20. The second-order valence-electron chi connectivity index (χ2n) is 5.81. The van der Waals surface area contributed by atoms with E-state index in [-0.39, 0.29) is 31.1 Å². The van der Waals surface area contributed by atoms with Gasteiger partial charge in [-0.25, -0.2) is 0 Å². The van der Waals surface area contributed by atoms with Gasteiger partial charge in [-0.1, -0.05) is 30.3 Å². The lowest BCUT2D eigenvalue weighted by atomic mass is 9.90. The minimum Gasteiger partial charge on any atom is -0.460 e. The summed E-state index contributed by atoms with van der Waals surface area (Å²) in [7, 11) is -3.40. The molecule has 0 bridgehead atoms. The van der Waals surface area contributed by atoms with Crippen LogP contribution in [0.2, 0.25) is 0 Å². The van der Waals surface area contributed by atoms with Crippen molar-refractivity contribution in [3.05, 3.63) is 35.9 Å². The van der Waals surface area contributed by atoms with Crippen molar-refractivity contribution in [1.82, 2.24) is 5.32 Å². The molecule has 0 amide bonds. The van der Waals surface area contributed by atoms with Crippen molar-refractivity contribution < 1.29 is 22.1 Å². The van der Waals surface area contributed by atoms with E-state index in [4.69, 9.17) is 8.92 Å². The van der Waals surface area contributed by atoms with Crippen LogP contribution in [0.25, 0.3) is 0 Å². The molecule has 1 fully saturated rings. The molecule has 1 aliphatic heterocycles. The number of carbonyl (C=O) groups excluding carboxylic acids is 1. The highest BCUT2D eigenvalue weighted by atomic mass is 32.2. The molecule has 1 aromatic rings. The number of nitrogens with one attached hydrogen (secondary N) is 1. The number of rotatable bonds is 7. The summed E-state index contributed by atoms with van der Waals surface area (Å²) in [5.74, 6) is -0.00476. The minimum atomic E-state index is -3.40. The number of carbonyl (C=O) groups is 1. The molecule has 2 rings (SSSR count). The Bertz CT molecular complexity index is 602. The summed E-state index contributed by atoms with van der Waals surface area (Å²) in [6.45, 7) is 1.14. The molecule has 1 heterocycles. The Hall–Kier alpha value is -1.44. The van der Waals surface area contributed by atoms with E-state index in [9.17, 15) is 13.2 Å². The summed E-state index contributed by atoms with van der Waals surface area (Å²) in [5.41, 5.74) is 0.953. The summed E-state index contributed by atoms with van der Waals surface area (Å²) >= 11 is 0. The first-order valence-corrected chi connectivity index (χ1v) is 9.54. The fourth-order valence-electron chi connectivity index (χ4n) is 2.63. The number of piperidine rings is 1. The van der Waals surface area contributed by atoms with E-state index in [0.717, 1.165) is 18.2 Å². The van der Waals surface area contributed by atoms with Crippen molar-refractivity contribution in [1.29, 1.82) is 0 Å². The van der Waals surface area contributed by atoms with Crippen LogP contribution in [-0.4, -0.2) is 39.8 Å². The third-order valence-electron chi connectivity index (χ3n) is 3.84. The molecule has 0 aromatic heterocycles. The first-order valence-electron chi connectivity index (χ1n) is 7.72. The lowest BCUT2D eigenvalue weighted by Crippen LogP contribution is -2.44. The molecule has 23 heavy (non-hydrogen) atoms. The standard InChI is InChI=1S/C16H23NO5S/c1-23(19,20)22-10-8-13-7-9-17-15(11-13)16(18)21-12-14-5-3-2-4-6-14/h2-6,13,15,17H,7-12H2,1H3. The van der Waals surface area contributed by atoms with E-state index >= 15 is 0 Å². The van der Waals surface area contributed by atoms with Gasteiger partial charge in [-0.2, -0.15) is 8.42 Å². The van der Waals surface area contributed by atoms with Crippen LogP contribution < -0.4 is 5.32 Å². The number of benzene rings is 1. The fourth-order valence-corrected chi connectivity index (χ4v) is 3.03. The van der Waals surface area contributed by atoms with Crippen LogP contribution in [-0.2, 0) is 30.4 Å². The van der Waals surface area contributed by atoms with Gasteiger partial charge in [0.05, 0.1) is 12.9 Å². The van der Waals surface area contributed by atoms with Gasteiger partial charge in [-0.05, 0) is 37.3 Å². The van der Waals surface area contributed by atoms with Gasteiger partial charge < -0.3 is 10.1 Å². The highest BCUT2D eigenvalue weighted by molar-refractivity contribution is 7.85. The molecule has 0 spiro atoms. The van der Waals surface area contributed by atoms with E-state index in [0.29, 0.717) is 19.4 Å². The second kappa shape index (κ2) is 8.42. The molecule has 0 radical (unpaired) electrons. The maximum absolute atomic E-state index is 12.1. The minimum absolute atomic E-state index is 0.162. The zero-order chi connectivity index (χ0) is 16.7. The largest absolute Gasteiger partial charge is 0.460 e. The molecule has 1 aromatic carbocycles. The molecule has 0 saturated carbocycles. The first-order chi connectivity index (χ1) is 10.9. The topological polar surface area (TPSA) is 81.7 Å². The van der Waals surface area contributed by atoms with Gasteiger partial charge in [0.2, 0.25) is 0 Å². The van der Waals surface area contributed by atoms with E-state index in [2.05, 4.69) is 5.32 Å². The van der Waals surface area contributed by atoms with Gasteiger partial charge in [0.15, 0.2) is 0 Å². The molecule has 2 atom stereocenters. The Morgan fingerprint density at radius 3 is 2.74 bits per heavy atom. The zero-order valence-corrected chi connectivity index (χ0v) is 14.1. The smallest absolute Gasteiger partial charge is 0.323 e. The van der Waals surface area contributed by atoms with E-state index in [1.807, 2.05) is 30.3 Å². The normalized spacial score (nSPS) is 21.8. The molecular formula is C16H23NO5S. The Morgan fingerprint density at radius 1 is 1.30 bits per heavy atom. The van der Waals surface area contributed by atoms with Crippen molar-refractivity contribution in [2.45, 2.75) is 31.9 Å². The van der Waals surface area contributed by atoms with E-state index in [1.165, 1.54) is 0 Å². The molecule has 128 valence electrons. The number of esters is 1. The number of hydrogen-bond donors (Lipinski definition) is 1. The number of hydrogen-bond acceptors (Lipinski definition) is 6. The van der Waals surface area contributed by atoms with Crippen LogP contribution >= 0.6 is 0 Å². The Balaban J connectivity index is 1.75. The van der Waals surface area contributed by atoms with Crippen molar-refractivity contribution >= 4 is 16.1 Å². The van der Waals surface area contributed by atoms with Crippen molar-refractivity contribution in [2.24, 2.45) is 5.92 Å². The fraction of sp³-hybridized carbons (Fsp3) is 0.562. The predicted octanol–water partition coefficient (Wildman–Crippen LogP) is 1.46. The highest BCUT2D eigenvalue weighted by Gasteiger charge is 2.28. The molecule has 2 unspecified atom stereocenters. The van der Waals surface area contributed by atoms with Gasteiger partial charge in [0.1, 0.15) is 12.6 Å². The summed E-state index contributed by atoms with van der Waals surface area (Å²) in [4.78, 5) is 12.1. The summed E-state index contributed by atoms with van der Waals surface area (Å²) in [6, 6.07) is 9.20. The van der Waals surface area contributed by atoms with Crippen LogP contribution in [0.15, 0.2) is 30.3 Å². The van der Waals surface area contributed by atoms with E-state index < -0.39 is 10.1 Å². The average Bonchev–Trinajstić information content (AvgIpc) is 2.53. The van der Waals surface area contributed by atoms with Gasteiger partial charge >= 0.3 is 5.97 Å². The van der Waals surface area contributed by atoms with Crippen LogP contribution in [0.3, 0.4) is 0 Å². The quantitative estimate of drug-likeness (QED) is 0.597. The van der Waals surface area contributed by atoms with Crippen LogP contribution in [0, 0.1) is 5.92 Å². The third kappa shape index (κ3) is 6.68. The van der Waals surface area contributed by atoms with Crippen molar-refractivity contribution in [2.75, 3.05) is 19.4 Å². The lowest BCUT2D eigenvalue weighted by molar-refractivity contribution is -0.148. The molecule has 1 saturated heterocycles. The van der Waals surface area contributed by atoms with Crippen LogP contribution in [0.1, 0.15) is 24.8 Å². The van der Waals surface area contributed by atoms with Crippen molar-refractivity contribution in [3.8, 4) is 0 Å². The Morgan fingerprint density at radius 2 is 2.04 bits per heavy atom. The highest BCUT2D eigenvalue weighted by Crippen LogP contribution is 2.21. The SMILES string of the molecule is CS(=O)(=O)OCCC1CCNC(C(=O)OCc2ccccc2)C1.